The minimum atomic E-state index is -0.213. The minimum Gasteiger partial charge on any atom is -0.396 e. The van der Waals surface area contributed by atoms with E-state index >= 15 is 0 Å². The van der Waals surface area contributed by atoms with Crippen molar-refractivity contribution in [2.45, 2.75) is 44.7 Å². The van der Waals surface area contributed by atoms with Crippen LogP contribution in [0, 0.1) is 17.7 Å². The molecule has 1 amide bonds. The molecule has 1 heterocycles. The van der Waals surface area contributed by atoms with Crippen molar-refractivity contribution in [3.05, 3.63) is 35.6 Å². The Balaban J connectivity index is 1.53. The van der Waals surface area contributed by atoms with E-state index < -0.39 is 0 Å². The fourth-order valence-electron chi connectivity index (χ4n) is 3.67. The summed E-state index contributed by atoms with van der Waals surface area (Å²) in [6, 6.07) is 6.80. The van der Waals surface area contributed by atoms with Crippen LogP contribution >= 0.6 is 0 Å². The number of piperidine rings is 1. The van der Waals surface area contributed by atoms with Crippen LogP contribution in [0.25, 0.3) is 0 Å². The van der Waals surface area contributed by atoms with E-state index in [1.54, 1.807) is 12.1 Å². The van der Waals surface area contributed by atoms with Crippen LogP contribution in [0.2, 0.25) is 0 Å². The number of aliphatic hydroxyl groups excluding tert-OH is 1. The summed E-state index contributed by atoms with van der Waals surface area (Å²) in [6.45, 7) is 2.48. The Kier molecular flexibility index (Phi) is 5.85. The Labute approximate surface area is 143 Å². The number of amides is 1. The van der Waals surface area contributed by atoms with Crippen molar-refractivity contribution in [2.75, 3.05) is 19.7 Å². The van der Waals surface area contributed by atoms with Gasteiger partial charge in [0.1, 0.15) is 5.82 Å². The summed E-state index contributed by atoms with van der Waals surface area (Å²) in [5.74, 6) is 0.444. The van der Waals surface area contributed by atoms with Crippen molar-refractivity contribution in [1.29, 1.82) is 0 Å². The van der Waals surface area contributed by atoms with Gasteiger partial charge in [-0.15, -0.1) is 0 Å². The molecule has 1 aromatic rings. The molecule has 2 N–H and O–H groups in total. The molecule has 2 atom stereocenters. The second-order valence-corrected chi connectivity index (χ2v) is 7.17. The van der Waals surface area contributed by atoms with E-state index in [2.05, 4.69) is 10.2 Å². The maximum Gasteiger partial charge on any atom is 0.224 e. The number of likely N-dealkylation sites (tertiary alicyclic amines) is 1. The molecule has 132 valence electrons. The molecule has 0 spiro atoms. The average molecular weight is 334 g/mol. The number of hydrogen-bond acceptors (Lipinski definition) is 3. The average Bonchev–Trinajstić information content (AvgIpc) is 3.39. The molecule has 2 fully saturated rings. The molecule has 1 saturated carbocycles. The van der Waals surface area contributed by atoms with Crippen molar-refractivity contribution in [1.82, 2.24) is 10.2 Å². The van der Waals surface area contributed by atoms with Gasteiger partial charge in [0.2, 0.25) is 5.91 Å². The van der Waals surface area contributed by atoms with Gasteiger partial charge in [-0.25, -0.2) is 4.39 Å². The summed E-state index contributed by atoms with van der Waals surface area (Å²) in [5, 5.41) is 12.3. The van der Waals surface area contributed by atoms with Crippen LogP contribution in [0.15, 0.2) is 24.3 Å². The van der Waals surface area contributed by atoms with Gasteiger partial charge in [-0.1, -0.05) is 12.1 Å². The molecule has 0 aromatic heterocycles. The molecule has 2 unspecified atom stereocenters. The van der Waals surface area contributed by atoms with Crippen LogP contribution in [0.1, 0.15) is 37.7 Å². The van der Waals surface area contributed by atoms with Crippen LogP contribution in [-0.2, 0) is 11.3 Å². The molecule has 4 nitrogen and oxygen atoms in total. The van der Waals surface area contributed by atoms with Gasteiger partial charge in [0, 0.05) is 25.7 Å². The number of aliphatic hydroxyl groups is 1. The summed E-state index contributed by atoms with van der Waals surface area (Å²) >= 11 is 0. The first-order valence-corrected chi connectivity index (χ1v) is 9.03. The smallest absolute Gasteiger partial charge is 0.224 e. The predicted molar refractivity (Wildman–Crippen MR) is 90.8 cm³/mol. The van der Waals surface area contributed by atoms with Gasteiger partial charge >= 0.3 is 0 Å². The van der Waals surface area contributed by atoms with Crippen molar-refractivity contribution < 1.29 is 14.3 Å². The van der Waals surface area contributed by atoms with Crippen LogP contribution in [0.3, 0.4) is 0 Å². The highest BCUT2D eigenvalue weighted by molar-refractivity contribution is 5.79. The van der Waals surface area contributed by atoms with E-state index in [4.69, 9.17) is 0 Å². The molecule has 1 aromatic carbocycles. The monoisotopic (exact) mass is 334 g/mol. The lowest BCUT2D eigenvalue weighted by Gasteiger charge is -2.33. The highest BCUT2D eigenvalue weighted by Crippen LogP contribution is 2.34. The van der Waals surface area contributed by atoms with Gasteiger partial charge in [0.05, 0.1) is 5.92 Å². The van der Waals surface area contributed by atoms with Gasteiger partial charge in [0.15, 0.2) is 0 Å². The molecule has 0 radical (unpaired) electrons. The number of halogens is 1. The Morgan fingerprint density at radius 2 is 2.21 bits per heavy atom. The summed E-state index contributed by atoms with van der Waals surface area (Å²) in [7, 11) is 0. The minimum absolute atomic E-state index is 0.00717. The first-order chi connectivity index (χ1) is 11.7. The van der Waals surface area contributed by atoms with Gasteiger partial charge in [-0.3, -0.25) is 9.69 Å². The number of hydrogen-bond donors (Lipinski definition) is 2. The van der Waals surface area contributed by atoms with Crippen molar-refractivity contribution >= 4 is 5.91 Å². The van der Waals surface area contributed by atoms with E-state index in [1.807, 2.05) is 6.07 Å². The van der Waals surface area contributed by atoms with E-state index in [-0.39, 0.29) is 30.3 Å². The maximum atomic E-state index is 13.3. The Morgan fingerprint density at radius 1 is 1.38 bits per heavy atom. The molecule has 1 saturated heterocycles. The van der Waals surface area contributed by atoms with Gasteiger partial charge in [-0.2, -0.15) is 0 Å². The third-order valence-electron chi connectivity index (χ3n) is 5.13. The molecule has 0 bridgehead atoms. The lowest BCUT2D eigenvalue weighted by atomic mass is 9.95. The number of carbonyl (C=O) groups excluding carboxylic acids is 1. The SMILES string of the molecule is O=C(NC(CCO)C1CC1)C1CCCN(Cc2cccc(F)c2)C1. The third-order valence-corrected chi connectivity index (χ3v) is 5.13. The highest BCUT2D eigenvalue weighted by Gasteiger charge is 2.34. The molecule has 5 heteroatoms. The summed E-state index contributed by atoms with van der Waals surface area (Å²) in [5.41, 5.74) is 0.951. The topological polar surface area (TPSA) is 52.6 Å². The first-order valence-electron chi connectivity index (χ1n) is 9.03. The quantitative estimate of drug-likeness (QED) is 0.805. The van der Waals surface area contributed by atoms with Gasteiger partial charge in [0.25, 0.3) is 0 Å². The summed E-state index contributed by atoms with van der Waals surface area (Å²) in [6.07, 6.45) is 4.85. The molecule has 3 rings (SSSR count). The Bertz CT molecular complexity index is 562. The van der Waals surface area contributed by atoms with E-state index in [1.165, 1.54) is 6.07 Å². The fourth-order valence-corrected chi connectivity index (χ4v) is 3.67. The van der Waals surface area contributed by atoms with Gasteiger partial charge in [-0.05, 0) is 62.3 Å². The molecule has 1 aliphatic carbocycles. The highest BCUT2D eigenvalue weighted by atomic mass is 19.1. The zero-order chi connectivity index (χ0) is 16.9. The number of benzene rings is 1. The van der Waals surface area contributed by atoms with E-state index in [0.29, 0.717) is 18.9 Å². The van der Waals surface area contributed by atoms with Crippen LogP contribution in [0.5, 0.6) is 0 Å². The largest absolute Gasteiger partial charge is 0.396 e. The van der Waals surface area contributed by atoms with Crippen molar-refractivity contribution in [2.24, 2.45) is 11.8 Å². The number of nitrogens with one attached hydrogen (secondary N) is 1. The maximum absolute atomic E-state index is 13.3. The summed E-state index contributed by atoms with van der Waals surface area (Å²) < 4.78 is 13.3. The van der Waals surface area contributed by atoms with Crippen LogP contribution < -0.4 is 5.32 Å². The lowest BCUT2D eigenvalue weighted by Crippen LogP contribution is -2.46. The number of rotatable bonds is 7. The number of carbonyl (C=O) groups is 1. The second kappa shape index (κ2) is 8.08. The van der Waals surface area contributed by atoms with Crippen LogP contribution in [0.4, 0.5) is 4.39 Å². The molecule has 1 aliphatic heterocycles. The fraction of sp³-hybridized carbons (Fsp3) is 0.632. The van der Waals surface area contributed by atoms with Crippen molar-refractivity contribution in [3.63, 3.8) is 0 Å². The molecular weight excluding hydrogens is 307 g/mol. The van der Waals surface area contributed by atoms with Crippen LogP contribution in [-0.4, -0.2) is 41.7 Å². The van der Waals surface area contributed by atoms with E-state index in [0.717, 1.165) is 44.3 Å². The normalized spacial score (nSPS) is 23.0. The lowest BCUT2D eigenvalue weighted by molar-refractivity contribution is -0.127. The molecular formula is C19H27FN2O2. The number of nitrogens with zero attached hydrogens (tertiary/aromatic N) is 1. The Morgan fingerprint density at radius 3 is 2.92 bits per heavy atom. The van der Waals surface area contributed by atoms with Gasteiger partial charge < -0.3 is 10.4 Å². The second-order valence-electron chi connectivity index (χ2n) is 7.17. The first kappa shape index (κ1) is 17.4. The standard InChI is InChI=1S/C19H27FN2O2/c20-17-5-1-3-14(11-17)12-22-9-2-4-16(13-22)19(24)21-18(8-10-23)15-6-7-15/h1,3,5,11,15-16,18,23H,2,4,6-10,12-13H2,(H,21,24). The van der Waals surface area contributed by atoms with E-state index in [9.17, 15) is 14.3 Å². The Hall–Kier alpha value is -1.46. The van der Waals surface area contributed by atoms with Crippen molar-refractivity contribution in [3.8, 4) is 0 Å². The predicted octanol–water partition coefficient (Wildman–Crippen LogP) is 2.31. The summed E-state index contributed by atoms with van der Waals surface area (Å²) in [4.78, 5) is 14.8. The molecule has 2 aliphatic rings. The zero-order valence-electron chi connectivity index (χ0n) is 14.1. The molecule has 24 heavy (non-hydrogen) atoms. The third kappa shape index (κ3) is 4.77. The zero-order valence-corrected chi connectivity index (χ0v) is 14.1.